The van der Waals surface area contributed by atoms with E-state index in [4.69, 9.17) is 28.5 Å². The highest BCUT2D eigenvalue weighted by atomic mass is 35.5. The fourth-order valence-corrected chi connectivity index (χ4v) is 2.05. The normalized spacial score (nSPS) is 10.0. The second kappa shape index (κ2) is 5.92. The van der Waals surface area contributed by atoms with Crippen LogP contribution in [-0.4, -0.2) is 0 Å². The molecule has 0 radical (unpaired) electrons. The molecule has 0 atom stereocenters. The van der Waals surface area contributed by atoms with E-state index in [1.807, 2.05) is 12.1 Å². The molecule has 0 bridgehead atoms. The van der Waals surface area contributed by atoms with Crippen LogP contribution in [0.4, 0.5) is 10.1 Å². The molecule has 19 heavy (non-hydrogen) atoms. The molecule has 1 N–H and O–H groups in total. The van der Waals surface area contributed by atoms with Crippen LogP contribution in [0.2, 0.25) is 10.0 Å². The van der Waals surface area contributed by atoms with Crippen LogP contribution in [0.3, 0.4) is 0 Å². The Labute approximate surface area is 120 Å². The molecule has 0 unspecified atom stereocenters. The summed E-state index contributed by atoms with van der Waals surface area (Å²) in [5, 5.41) is 12.8. The zero-order valence-corrected chi connectivity index (χ0v) is 11.3. The quantitative estimate of drug-likeness (QED) is 0.897. The van der Waals surface area contributed by atoms with Gasteiger partial charge in [-0.25, -0.2) is 4.39 Å². The molecule has 0 amide bonds. The van der Waals surface area contributed by atoms with Gasteiger partial charge in [0.1, 0.15) is 17.4 Å². The number of nitriles is 1. The van der Waals surface area contributed by atoms with Gasteiger partial charge in [0.15, 0.2) is 0 Å². The highest BCUT2D eigenvalue weighted by Gasteiger charge is 2.09. The first-order valence-electron chi connectivity index (χ1n) is 5.49. The van der Waals surface area contributed by atoms with Crippen molar-refractivity contribution < 1.29 is 4.39 Å². The van der Waals surface area contributed by atoms with E-state index in [1.54, 1.807) is 18.2 Å². The molecule has 0 aliphatic heterocycles. The van der Waals surface area contributed by atoms with E-state index in [0.29, 0.717) is 22.3 Å². The van der Waals surface area contributed by atoms with E-state index in [1.165, 1.54) is 12.1 Å². The van der Waals surface area contributed by atoms with Crippen LogP contribution < -0.4 is 5.32 Å². The summed E-state index contributed by atoms with van der Waals surface area (Å²) in [6.45, 7) is 0.359. The standard InChI is InChI=1S/C14H9Cl2FN2/c15-11-4-1-3-9(14(11)16)8-19-13-6-2-5-12(17)10(13)7-18/h1-6,19H,8H2. The second-order valence-electron chi connectivity index (χ2n) is 3.84. The molecule has 0 saturated carbocycles. The van der Waals surface area contributed by atoms with E-state index in [2.05, 4.69) is 5.32 Å². The second-order valence-corrected chi connectivity index (χ2v) is 4.63. The largest absolute Gasteiger partial charge is 0.380 e. The molecule has 0 saturated heterocycles. The minimum atomic E-state index is -0.551. The zero-order chi connectivity index (χ0) is 13.8. The smallest absolute Gasteiger partial charge is 0.143 e. The summed E-state index contributed by atoms with van der Waals surface area (Å²) in [6.07, 6.45) is 0. The van der Waals surface area contributed by atoms with E-state index >= 15 is 0 Å². The van der Waals surface area contributed by atoms with Crippen molar-refractivity contribution in [3.05, 3.63) is 63.4 Å². The molecule has 0 aliphatic rings. The van der Waals surface area contributed by atoms with Crippen LogP contribution in [0, 0.1) is 17.1 Å². The van der Waals surface area contributed by atoms with Crippen molar-refractivity contribution in [1.82, 2.24) is 0 Å². The molecule has 0 fully saturated rings. The van der Waals surface area contributed by atoms with Crippen molar-refractivity contribution in [1.29, 1.82) is 5.26 Å². The van der Waals surface area contributed by atoms with Crippen LogP contribution in [0.15, 0.2) is 36.4 Å². The fourth-order valence-electron chi connectivity index (χ4n) is 1.66. The molecule has 96 valence electrons. The van der Waals surface area contributed by atoms with Crippen molar-refractivity contribution in [2.45, 2.75) is 6.54 Å². The number of hydrogen-bond acceptors (Lipinski definition) is 2. The minimum absolute atomic E-state index is 0.0133. The van der Waals surface area contributed by atoms with E-state index in [9.17, 15) is 4.39 Å². The maximum atomic E-state index is 13.4. The van der Waals surface area contributed by atoms with E-state index in [0.717, 1.165) is 5.56 Å². The molecule has 2 aromatic carbocycles. The van der Waals surface area contributed by atoms with Gasteiger partial charge in [-0.2, -0.15) is 5.26 Å². The summed E-state index contributed by atoms with van der Waals surface area (Å²) >= 11 is 12.0. The van der Waals surface area contributed by atoms with Gasteiger partial charge in [0, 0.05) is 6.54 Å². The lowest BCUT2D eigenvalue weighted by Gasteiger charge is -2.10. The molecule has 5 heteroatoms. The van der Waals surface area contributed by atoms with Gasteiger partial charge in [-0.1, -0.05) is 41.4 Å². The maximum absolute atomic E-state index is 13.4. The van der Waals surface area contributed by atoms with Crippen LogP contribution in [0.5, 0.6) is 0 Å². The van der Waals surface area contributed by atoms with Crippen LogP contribution in [0.1, 0.15) is 11.1 Å². The lowest BCUT2D eigenvalue weighted by molar-refractivity contribution is 0.624. The summed E-state index contributed by atoms with van der Waals surface area (Å²) in [5.41, 5.74) is 1.20. The van der Waals surface area contributed by atoms with Crippen molar-refractivity contribution in [3.63, 3.8) is 0 Å². The first kappa shape index (κ1) is 13.7. The summed E-state index contributed by atoms with van der Waals surface area (Å²) in [7, 11) is 0. The van der Waals surface area contributed by atoms with Crippen LogP contribution in [-0.2, 0) is 6.54 Å². The monoisotopic (exact) mass is 294 g/mol. The molecule has 2 rings (SSSR count). The van der Waals surface area contributed by atoms with Crippen molar-refractivity contribution in [3.8, 4) is 6.07 Å². The zero-order valence-electron chi connectivity index (χ0n) is 9.75. The van der Waals surface area contributed by atoms with Crippen molar-refractivity contribution in [2.24, 2.45) is 0 Å². The molecule has 2 aromatic rings. The lowest BCUT2D eigenvalue weighted by atomic mass is 10.1. The number of nitrogens with zero attached hydrogens (tertiary/aromatic N) is 1. The van der Waals surface area contributed by atoms with Crippen LogP contribution in [0.25, 0.3) is 0 Å². The number of benzene rings is 2. The Morgan fingerprint density at radius 1 is 1.16 bits per heavy atom. The first-order valence-corrected chi connectivity index (χ1v) is 6.24. The summed E-state index contributed by atoms with van der Waals surface area (Å²) in [4.78, 5) is 0. The molecular formula is C14H9Cl2FN2. The Hall–Kier alpha value is -1.76. The third-order valence-electron chi connectivity index (χ3n) is 2.63. The Morgan fingerprint density at radius 3 is 2.63 bits per heavy atom. The molecule has 0 spiro atoms. The van der Waals surface area contributed by atoms with Gasteiger partial charge in [-0.3, -0.25) is 0 Å². The Balaban J connectivity index is 2.22. The highest BCUT2D eigenvalue weighted by Crippen LogP contribution is 2.26. The average Bonchev–Trinajstić information content (AvgIpc) is 2.40. The predicted molar refractivity (Wildman–Crippen MR) is 74.9 cm³/mol. The Bertz CT molecular complexity index is 650. The first-order chi connectivity index (χ1) is 9.13. The molecular weight excluding hydrogens is 286 g/mol. The van der Waals surface area contributed by atoms with Gasteiger partial charge in [-0.15, -0.1) is 0 Å². The third kappa shape index (κ3) is 2.98. The van der Waals surface area contributed by atoms with Gasteiger partial charge >= 0.3 is 0 Å². The van der Waals surface area contributed by atoms with Crippen molar-refractivity contribution >= 4 is 28.9 Å². The van der Waals surface area contributed by atoms with E-state index < -0.39 is 5.82 Å². The fraction of sp³-hybridized carbons (Fsp3) is 0.0714. The Kier molecular flexibility index (Phi) is 4.26. The number of nitrogens with one attached hydrogen (secondary N) is 1. The summed E-state index contributed by atoms with van der Waals surface area (Å²) in [6, 6.07) is 11.5. The molecule has 2 nitrogen and oxygen atoms in total. The number of halogens is 3. The van der Waals surface area contributed by atoms with Gasteiger partial charge in [0.25, 0.3) is 0 Å². The highest BCUT2D eigenvalue weighted by molar-refractivity contribution is 6.42. The van der Waals surface area contributed by atoms with E-state index in [-0.39, 0.29) is 5.56 Å². The third-order valence-corrected chi connectivity index (χ3v) is 3.48. The number of hydrogen-bond donors (Lipinski definition) is 1. The molecule has 0 heterocycles. The molecule has 0 aliphatic carbocycles. The Morgan fingerprint density at radius 2 is 1.89 bits per heavy atom. The van der Waals surface area contributed by atoms with Gasteiger partial charge in [0.2, 0.25) is 0 Å². The number of rotatable bonds is 3. The minimum Gasteiger partial charge on any atom is -0.380 e. The molecule has 0 aromatic heterocycles. The van der Waals surface area contributed by atoms with Crippen LogP contribution >= 0.6 is 23.2 Å². The predicted octanol–water partition coefficient (Wildman–Crippen LogP) is 4.62. The van der Waals surface area contributed by atoms with Gasteiger partial charge in [-0.05, 0) is 23.8 Å². The average molecular weight is 295 g/mol. The van der Waals surface area contributed by atoms with Gasteiger partial charge in [0.05, 0.1) is 15.7 Å². The lowest BCUT2D eigenvalue weighted by Crippen LogP contribution is -2.03. The number of anilines is 1. The van der Waals surface area contributed by atoms with Crippen molar-refractivity contribution in [2.75, 3.05) is 5.32 Å². The summed E-state index contributed by atoms with van der Waals surface area (Å²) in [5.74, 6) is -0.551. The van der Waals surface area contributed by atoms with Gasteiger partial charge < -0.3 is 5.32 Å². The SMILES string of the molecule is N#Cc1c(F)cccc1NCc1cccc(Cl)c1Cl. The topological polar surface area (TPSA) is 35.8 Å². The maximum Gasteiger partial charge on any atom is 0.143 e. The summed E-state index contributed by atoms with van der Waals surface area (Å²) < 4.78 is 13.4.